The molecule has 122 valence electrons. The van der Waals surface area contributed by atoms with Gasteiger partial charge in [0.15, 0.2) is 0 Å². The van der Waals surface area contributed by atoms with Crippen LogP contribution in [0.15, 0.2) is 24.3 Å². The summed E-state index contributed by atoms with van der Waals surface area (Å²) in [6.45, 7) is 6.05. The molecule has 1 amide bonds. The van der Waals surface area contributed by atoms with Gasteiger partial charge in [-0.2, -0.15) is 0 Å². The van der Waals surface area contributed by atoms with Crippen LogP contribution >= 0.6 is 12.4 Å². The van der Waals surface area contributed by atoms with E-state index in [2.05, 4.69) is 41.8 Å². The van der Waals surface area contributed by atoms with Gasteiger partial charge in [0.05, 0.1) is 5.92 Å². The normalized spacial score (nSPS) is 20.6. The molecule has 2 saturated heterocycles. The molecule has 0 saturated carbocycles. The highest BCUT2D eigenvalue weighted by atomic mass is 35.5. The SMILES string of the molecule is Cc1ccccc1C1(CNC(=O)C2CNC2)CCOCC1.Cl. The third kappa shape index (κ3) is 3.45. The predicted molar refractivity (Wildman–Crippen MR) is 89.5 cm³/mol. The van der Waals surface area contributed by atoms with Crippen molar-refractivity contribution in [3.05, 3.63) is 35.4 Å². The summed E-state index contributed by atoms with van der Waals surface area (Å²) in [5.41, 5.74) is 2.69. The molecule has 1 aromatic carbocycles. The van der Waals surface area contributed by atoms with Gasteiger partial charge in [-0.25, -0.2) is 0 Å². The third-order valence-electron chi connectivity index (χ3n) is 4.92. The Morgan fingerprint density at radius 3 is 2.59 bits per heavy atom. The van der Waals surface area contributed by atoms with Crippen LogP contribution in [0.1, 0.15) is 24.0 Å². The van der Waals surface area contributed by atoms with Gasteiger partial charge in [0.25, 0.3) is 0 Å². The summed E-state index contributed by atoms with van der Waals surface area (Å²) in [6, 6.07) is 8.53. The van der Waals surface area contributed by atoms with E-state index in [4.69, 9.17) is 4.74 Å². The standard InChI is InChI=1S/C17H24N2O2.ClH/c1-13-4-2-3-5-15(13)17(6-8-21-9-7-17)12-19-16(20)14-10-18-11-14;/h2-5,14,18H,6-12H2,1H3,(H,19,20);1H. The summed E-state index contributed by atoms with van der Waals surface area (Å²) in [5, 5.41) is 6.34. The summed E-state index contributed by atoms with van der Waals surface area (Å²) < 4.78 is 5.55. The first-order chi connectivity index (χ1) is 10.2. The fraction of sp³-hybridized carbons (Fsp3) is 0.588. The lowest BCUT2D eigenvalue weighted by Gasteiger charge is -2.39. The molecule has 2 heterocycles. The van der Waals surface area contributed by atoms with Crippen LogP contribution < -0.4 is 10.6 Å². The zero-order valence-corrected chi connectivity index (χ0v) is 13.9. The summed E-state index contributed by atoms with van der Waals surface area (Å²) in [4.78, 5) is 12.1. The van der Waals surface area contributed by atoms with E-state index in [1.165, 1.54) is 11.1 Å². The van der Waals surface area contributed by atoms with Crippen molar-refractivity contribution in [2.45, 2.75) is 25.2 Å². The highest BCUT2D eigenvalue weighted by Crippen LogP contribution is 2.36. The van der Waals surface area contributed by atoms with Crippen LogP contribution in [0.25, 0.3) is 0 Å². The third-order valence-corrected chi connectivity index (χ3v) is 4.92. The highest BCUT2D eigenvalue weighted by Gasteiger charge is 2.36. The highest BCUT2D eigenvalue weighted by molar-refractivity contribution is 5.85. The van der Waals surface area contributed by atoms with Gasteiger partial charge in [-0.15, -0.1) is 12.4 Å². The first-order valence-corrected chi connectivity index (χ1v) is 7.84. The van der Waals surface area contributed by atoms with Crippen molar-refractivity contribution in [3.8, 4) is 0 Å². The molecule has 0 aliphatic carbocycles. The summed E-state index contributed by atoms with van der Waals surface area (Å²) >= 11 is 0. The number of carbonyl (C=O) groups excluding carboxylic acids is 1. The molecule has 5 heteroatoms. The van der Waals surface area contributed by atoms with Crippen molar-refractivity contribution in [2.24, 2.45) is 5.92 Å². The minimum atomic E-state index is 0. The van der Waals surface area contributed by atoms with Gasteiger partial charge in [0.1, 0.15) is 0 Å². The first-order valence-electron chi connectivity index (χ1n) is 7.84. The molecule has 0 unspecified atom stereocenters. The van der Waals surface area contributed by atoms with Crippen molar-refractivity contribution in [1.82, 2.24) is 10.6 Å². The molecule has 4 nitrogen and oxygen atoms in total. The number of hydrogen-bond donors (Lipinski definition) is 2. The number of amides is 1. The molecule has 0 bridgehead atoms. The Morgan fingerprint density at radius 2 is 2.00 bits per heavy atom. The van der Waals surface area contributed by atoms with Crippen LogP contribution in [-0.4, -0.2) is 38.8 Å². The van der Waals surface area contributed by atoms with Crippen LogP contribution in [0.2, 0.25) is 0 Å². The number of benzene rings is 1. The second-order valence-corrected chi connectivity index (χ2v) is 6.28. The Morgan fingerprint density at radius 1 is 1.32 bits per heavy atom. The molecule has 3 rings (SSSR count). The average molecular weight is 325 g/mol. The lowest BCUT2D eigenvalue weighted by atomic mass is 9.72. The molecule has 0 spiro atoms. The van der Waals surface area contributed by atoms with Crippen molar-refractivity contribution in [1.29, 1.82) is 0 Å². The fourth-order valence-electron chi connectivity index (χ4n) is 3.35. The van der Waals surface area contributed by atoms with Gasteiger partial charge >= 0.3 is 0 Å². The molecular formula is C17H25ClN2O2. The minimum Gasteiger partial charge on any atom is -0.381 e. The molecule has 0 atom stereocenters. The number of ether oxygens (including phenoxy) is 1. The Labute approximate surface area is 138 Å². The Balaban J connectivity index is 0.00000176. The maximum absolute atomic E-state index is 12.1. The van der Waals surface area contributed by atoms with Crippen LogP contribution in [0.3, 0.4) is 0 Å². The van der Waals surface area contributed by atoms with Crippen molar-refractivity contribution >= 4 is 18.3 Å². The second-order valence-electron chi connectivity index (χ2n) is 6.28. The topological polar surface area (TPSA) is 50.4 Å². The van der Waals surface area contributed by atoms with Gasteiger partial charge in [-0.05, 0) is 30.9 Å². The maximum Gasteiger partial charge on any atom is 0.225 e. The van der Waals surface area contributed by atoms with E-state index < -0.39 is 0 Å². The Hall–Kier alpha value is -1.10. The molecule has 2 fully saturated rings. The van der Waals surface area contributed by atoms with E-state index >= 15 is 0 Å². The monoisotopic (exact) mass is 324 g/mol. The first kappa shape index (κ1) is 17.3. The van der Waals surface area contributed by atoms with E-state index in [9.17, 15) is 4.79 Å². The molecule has 0 aromatic heterocycles. The second kappa shape index (κ2) is 7.44. The maximum atomic E-state index is 12.1. The number of carbonyl (C=O) groups is 1. The van der Waals surface area contributed by atoms with Crippen LogP contribution in [-0.2, 0) is 14.9 Å². The van der Waals surface area contributed by atoms with Crippen molar-refractivity contribution in [2.75, 3.05) is 32.8 Å². The van der Waals surface area contributed by atoms with E-state index in [0.29, 0.717) is 0 Å². The number of halogens is 1. The summed E-state index contributed by atoms with van der Waals surface area (Å²) in [5.74, 6) is 0.340. The van der Waals surface area contributed by atoms with Crippen molar-refractivity contribution in [3.63, 3.8) is 0 Å². The average Bonchev–Trinajstić information content (AvgIpc) is 2.45. The molecule has 2 aliphatic rings. The lowest BCUT2D eigenvalue weighted by Crippen LogP contribution is -2.53. The minimum absolute atomic E-state index is 0. The quantitative estimate of drug-likeness (QED) is 0.888. The largest absolute Gasteiger partial charge is 0.381 e. The fourth-order valence-corrected chi connectivity index (χ4v) is 3.35. The van der Waals surface area contributed by atoms with Crippen LogP contribution in [0.5, 0.6) is 0 Å². The smallest absolute Gasteiger partial charge is 0.225 e. The zero-order valence-electron chi connectivity index (χ0n) is 13.1. The van der Waals surface area contributed by atoms with E-state index in [1.807, 2.05) is 0 Å². The molecular weight excluding hydrogens is 300 g/mol. The molecule has 1 aromatic rings. The number of nitrogens with one attached hydrogen (secondary N) is 2. The zero-order chi connectivity index (χ0) is 14.7. The van der Waals surface area contributed by atoms with E-state index in [0.717, 1.165) is 45.7 Å². The van der Waals surface area contributed by atoms with Gasteiger partial charge in [-0.1, -0.05) is 24.3 Å². The van der Waals surface area contributed by atoms with Gasteiger partial charge in [0.2, 0.25) is 5.91 Å². The molecule has 0 radical (unpaired) electrons. The molecule has 2 aliphatic heterocycles. The van der Waals surface area contributed by atoms with Gasteiger partial charge in [0, 0.05) is 38.3 Å². The summed E-state index contributed by atoms with van der Waals surface area (Å²) in [7, 11) is 0. The Kier molecular flexibility index (Phi) is 5.84. The van der Waals surface area contributed by atoms with E-state index in [-0.39, 0.29) is 29.6 Å². The van der Waals surface area contributed by atoms with Gasteiger partial charge in [-0.3, -0.25) is 4.79 Å². The molecule has 22 heavy (non-hydrogen) atoms. The Bertz CT molecular complexity index is 511. The van der Waals surface area contributed by atoms with Crippen LogP contribution in [0.4, 0.5) is 0 Å². The summed E-state index contributed by atoms with van der Waals surface area (Å²) in [6.07, 6.45) is 1.95. The number of rotatable bonds is 4. The van der Waals surface area contributed by atoms with E-state index in [1.54, 1.807) is 0 Å². The lowest BCUT2D eigenvalue weighted by molar-refractivity contribution is -0.126. The number of hydrogen-bond acceptors (Lipinski definition) is 3. The van der Waals surface area contributed by atoms with Gasteiger partial charge < -0.3 is 15.4 Å². The predicted octanol–water partition coefficient (Wildman–Crippen LogP) is 1.80. The number of aryl methyl sites for hydroxylation is 1. The van der Waals surface area contributed by atoms with Crippen molar-refractivity contribution < 1.29 is 9.53 Å². The molecule has 2 N–H and O–H groups in total. The van der Waals surface area contributed by atoms with Crippen LogP contribution in [0, 0.1) is 12.8 Å².